The van der Waals surface area contributed by atoms with E-state index in [9.17, 15) is 0 Å². The quantitative estimate of drug-likeness (QED) is 0.510. The van der Waals surface area contributed by atoms with Crippen LogP contribution in [0.2, 0.25) is 0 Å². The molecular formula is C18H15NOS. The summed E-state index contributed by atoms with van der Waals surface area (Å²) in [7, 11) is 1.70. The molecule has 0 bridgehead atoms. The zero-order valence-electron chi connectivity index (χ0n) is 11.9. The molecule has 1 aliphatic rings. The first-order valence-corrected chi connectivity index (χ1v) is 7.72. The van der Waals surface area contributed by atoms with Gasteiger partial charge in [0.05, 0.1) is 18.5 Å². The summed E-state index contributed by atoms with van der Waals surface area (Å²) in [4.78, 5) is 2.46. The molecule has 1 aliphatic heterocycles. The number of hydrogen-bond acceptors (Lipinski definition) is 3. The fraction of sp³-hybridized carbons (Fsp3) is 0.111. The SMILES string of the molecule is COc1ccc2c(c1)Sc1cc3cc(C)ccc3cc1N2. The summed E-state index contributed by atoms with van der Waals surface area (Å²) in [5, 5.41) is 6.08. The van der Waals surface area contributed by atoms with E-state index in [1.54, 1.807) is 18.9 Å². The number of hydrogen-bond donors (Lipinski definition) is 1. The molecule has 3 aromatic carbocycles. The lowest BCUT2D eigenvalue weighted by molar-refractivity contribution is 0.414. The second-order valence-electron chi connectivity index (χ2n) is 5.29. The second-order valence-corrected chi connectivity index (χ2v) is 6.37. The zero-order valence-corrected chi connectivity index (χ0v) is 12.8. The summed E-state index contributed by atoms with van der Waals surface area (Å²) < 4.78 is 5.31. The minimum absolute atomic E-state index is 0.892. The third kappa shape index (κ3) is 2.14. The Kier molecular flexibility index (Phi) is 2.82. The van der Waals surface area contributed by atoms with E-state index in [-0.39, 0.29) is 0 Å². The van der Waals surface area contributed by atoms with Gasteiger partial charge in [-0.25, -0.2) is 0 Å². The number of ether oxygens (including phenoxy) is 1. The van der Waals surface area contributed by atoms with Gasteiger partial charge in [0.25, 0.3) is 0 Å². The van der Waals surface area contributed by atoms with Crippen LogP contribution in [0.4, 0.5) is 11.4 Å². The summed E-state index contributed by atoms with van der Waals surface area (Å²) >= 11 is 1.79. The van der Waals surface area contributed by atoms with Crippen LogP contribution in [0.5, 0.6) is 5.75 Å². The van der Waals surface area contributed by atoms with Crippen molar-refractivity contribution in [1.29, 1.82) is 0 Å². The highest BCUT2D eigenvalue weighted by molar-refractivity contribution is 7.99. The molecule has 0 aromatic heterocycles. The Hall–Kier alpha value is -2.13. The van der Waals surface area contributed by atoms with Crippen LogP contribution in [0.1, 0.15) is 5.56 Å². The van der Waals surface area contributed by atoms with E-state index in [4.69, 9.17) is 4.74 Å². The molecule has 0 saturated carbocycles. The maximum Gasteiger partial charge on any atom is 0.120 e. The monoisotopic (exact) mass is 293 g/mol. The van der Waals surface area contributed by atoms with Gasteiger partial charge in [-0.2, -0.15) is 0 Å². The van der Waals surface area contributed by atoms with E-state index in [0.717, 1.165) is 11.4 Å². The smallest absolute Gasteiger partial charge is 0.120 e. The minimum Gasteiger partial charge on any atom is -0.497 e. The van der Waals surface area contributed by atoms with E-state index in [1.807, 2.05) is 6.07 Å². The number of benzene rings is 3. The van der Waals surface area contributed by atoms with E-state index >= 15 is 0 Å². The van der Waals surface area contributed by atoms with Crippen molar-refractivity contribution in [1.82, 2.24) is 0 Å². The van der Waals surface area contributed by atoms with Crippen molar-refractivity contribution in [2.45, 2.75) is 16.7 Å². The first-order chi connectivity index (χ1) is 10.2. The van der Waals surface area contributed by atoms with Gasteiger partial charge in [0.1, 0.15) is 5.75 Å². The number of methoxy groups -OCH3 is 1. The Morgan fingerprint density at radius 1 is 0.857 bits per heavy atom. The number of rotatable bonds is 1. The van der Waals surface area contributed by atoms with Crippen molar-refractivity contribution < 1.29 is 4.74 Å². The summed E-state index contributed by atoms with van der Waals surface area (Å²) in [6.07, 6.45) is 0. The van der Waals surface area contributed by atoms with Gasteiger partial charge in [-0.3, -0.25) is 0 Å². The number of anilines is 2. The summed E-state index contributed by atoms with van der Waals surface area (Å²) in [6.45, 7) is 2.13. The highest BCUT2D eigenvalue weighted by Gasteiger charge is 2.17. The fourth-order valence-electron chi connectivity index (χ4n) is 2.66. The van der Waals surface area contributed by atoms with Crippen molar-refractivity contribution in [3.05, 3.63) is 54.1 Å². The molecule has 0 amide bonds. The number of aryl methyl sites for hydroxylation is 1. The van der Waals surface area contributed by atoms with Crippen molar-refractivity contribution in [2.75, 3.05) is 12.4 Å². The lowest BCUT2D eigenvalue weighted by Gasteiger charge is -2.22. The lowest BCUT2D eigenvalue weighted by Crippen LogP contribution is -2.00. The first kappa shape index (κ1) is 12.6. The second kappa shape index (κ2) is 4.71. The molecule has 0 saturated heterocycles. The molecule has 21 heavy (non-hydrogen) atoms. The summed E-state index contributed by atoms with van der Waals surface area (Å²) in [6, 6.07) is 17.2. The van der Waals surface area contributed by atoms with Gasteiger partial charge in [-0.15, -0.1) is 0 Å². The van der Waals surface area contributed by atoms with Crippen LogP contribution in [0.25, 0.3) is 10.8 Å². The van der Waals surface area contributed by atoms with Gasteiger partial charge in [-0.1, -0.05) is 35.5 Å². The third-order valence-electron chi connectivity index (χ3n) is 3.77. The van der Waals surface area contributed by atoms with Gasteiger partial charge in [-0.05, 0) is 48.0 Å². The van der Waals surface area contributed by atoms with Crippen molar-refractivity contribution >= 4 is 33.9 Å². The fourth-order valence-corrected chi connectivity index (χ4v) is 3.71. The van der Waals surface area contributed by atoms with Crippen LogP contribution in [0, 0.1) is 6.92 Å². The zero-order chi connectivity index (χ0) is 14.4. The number of nitrogens with one attached hydrogen (secondary N) is 1. The molecule has 0 atom stereocenters. The molecule has 4 rings (SSSR count). The molecule has 0 radical (unpaired) electrons. The molecule has 3 heteroatoms. The maximum atomic E-state index is 5.31. The van der Waals surface area contributed by atoms with E-state index in [0.29, 0.717) is 0 Å². The molecule has 3 aromatic rings. The first-order valence-electron chi connectivity index (χ1n) is 6.90. The highest BCUT2D eigenvalue weighted by atomic mass is 32.2. The topological polar surface area (TPSA) is 21.3 Å². The van der Waals surface area contributed by atoms with Crippen LogP contribution in [0.3, 0.4) is 0 Å². The Morgan fingerprint density at radius 3 is 2.57 bits per heavy atom. The van der Waals surface area contributed by atoms with Gasteiger partial charge < -0.3 is 10.1 Å². The minimum atomic E-state index is 0.892. The highest BCUT2D eigenvalue weighted by Crippen LogP contribution is 2.46. The lowest BCUT2D eigenvalue weighted by atomic mass is 10.1. The van der Waals surface area contributed by atoms with Crippen LogP contribution >= 0.6 is 11.8 Å². The largest absolute Gasteiger partial charge is 0.497 e. The van der Waals surface area contributed by atoms with E-state index < -0.39 is 0 Å². The van der Waals surface area contributed by atoms with Gasteiger partial charge in [0.2, 0.25) is 0 Å². The Morgan fingerprint density at radius 2 is 1.71 bits per heavy atom. The van der Waals surface area contributed by atoms with Gasteiger partial charge in [0, 0.05) is 9.79 Å². The van der Waals surface area contributed by atoms with Crippen LogP contribution < -0.4 is 10.1 Å². The van der Waals surface area contributed by atoms with Crippen LogP contribution in [-0.4, -0.2) is 7.11 Å². The molecule has 104 valence electrons. The summed E-state index contributed by atoms with van der Waals surface area (Å²) in [5.74, 6) is 0.892. The predicted octanol–water partition coefficient (Wildman–Crippen LogP) is 5.37. The average Bonchev–Trinajstić information content (AvgIpc) is 2.50. The molecule has 1 N–H and O–H groups in total. The molecule has 0 unspecified atom stereocenters. The van der Waals surface area contributed by atoms with Gasteiger partial charge in [0.15, 0.2) is 0 Å². The molecule has 1 heterocycles. The Bertz CT molecular complexity index is 857. The van der Waals surface area contributed by atoms with E-state index in [1.165, 1.54) is 31.8 Å². The third-order valence-corrected chi connectivity index (χ3v) is 4.89. The van der Waals surface area contributed by atoms with E-state index in [2.05, 4.69) is 54.7 Å². The van der Waals surface area contributed by atoms with Crippen LogP contribution in [-0.2, 0) is 0 Å². The standard InChI is InChI=1S/C18H15NOS/c1-11-3-4-12-8-16-17(9-13(12)7-11)21-18-10-14(20-2)5-6-15(18)19-16/h3-10,19H,1-2H3. The Balaban J connectivity index is 1.84. The number of fused-ring (bicyclic) bond motifs is 3. The van der Waals surface area contributed by atoms with Crippen molar-refractivity contribution in [3.63, 3.8) is 0 Å². The molecule has 2 nitrogen and oxygen atoms in total. The summed E-state index contributed by atoms with van der Waals surface area (Å²) in [5.41, 5.74) is 3.60. The van der Waals surface area contributed by atoms with Crippen molar-refractivity contribution in [3.8, 4) is 5.75 Å². The average molecular weight is 293 g/mol. The molecule has 0 aliphatic carbocycles. The van der Waals surface area contributed by atoms with Crippen molar-refractivity contribution in [2.24, 2.45) is 0 Å². The molecular weight excluding hydrogens is 278 g/mol. The maximum absolute atomic E-state index is 5.31. The van der Waals surface area contributed by atoms with Gasteiger partial charge >= 0.3 is 0 Å². The molecule has 0 spiro atoms. The van der Waals surface area contributed by atoms with Crippen LogP contribution in [0.15, 0.2) is 58.3 Å². The molecule has 0 fully saturated rings. The Labute approximate surface area is 128 Å². The predicted molar refractivity (Wildman–Crippen MR) is 89.1 cm³/mol. The normalized spacial score (nSPS) is 12.5.